The van der Waals surface area contributed by atoms with Gasteiger partial charge in [0.25, 0.3) is 0 Å². The maximum atomic E-state index is 12.2. The summed E-state index contributed by atoms with van der Waals surface area (Å²) >= 11 is 5.87. The number of rotatable bonds is 6. The van der Waals surface area contributed by atoms with E-state index in [4.69, 9.17) is 11.6 Å². The Morgan fingerprint density at radius 1 is 1.15 bits per heavy atom. The van der Waals surface area contributed by atoms with Gasteiger partial charge in [0, 0.05) is 24.3 Å². The van der Waals surface area contributed by atoms with Crippen molar-refractivity contribution in [1.82, 2.24) is 9.71 Å². The molecule has 0 aliphatic heterocycles. The molecule has 0 fully saturated rings. The van der Waals surface area contributed by atoms with Crippen molar-refractivity contribution in [2.24, 2.45) is 0 Å². The zero-order chi connectivity index (χ0) is 14.4. The molecule has 2 aromatic rings. The third-order valence-electron chi connectivity index (χ3n) is 2.78. The number of hydrogen-bond acceptors (Lipinski definition) is 3. The molecule has 0 bridgehead atoms. The Morgan fingerprint density at radius 2 is 1.90 bits per heavy atom. The summed E-state index contributed by atoms with van der Waals surface area (Å²) in [5.41, 5.74) is 1.03. The van der Waals surface area contributed by atoms with Crippen LogP contribution in [0.4, 0.5) is 0 Å². The molecule has 1 N–H and O–H groups in total. The van der Waals surface area contributed by atoms with Crippen LogP contribution in [0.5, 0.6) is 0 Å². The summed E-state index contributed by atoms with van der Waals surface area (Å²) in [4.78, 5) is 3.96. The zero-order valence-electron chi connectivity index (χ0n) is 10.7. The van der Waals surface area contributed by atoms with E-state index in [9.17, 15) is 8.42 Å². The highest BCUT2D eigenvalue weighted by atomic mass is 35.5. The van der Waals surface area contributed by atoms with Crippen LogP contribution in [0.15, 0.2) is 59.8 Å². The van der Waals surface area contributed by atoms with Gasteiger partial charge in [0.15, 0.2) is 0 Å². The number of alkyl halides is 1. The van der Waals surface area contributed by atoms with Crippen LogP contribution in [0.2, 0.25) is 0 Å². The second kappa shape index (κ2) is 6.83. The van der Waals surface area contributed by atoms with Gasteiger partial charge in [0.2, 0.25) is 10.0 Å². The number of aromatic nitrogens is 1. The van der Waals surface area contributed by atoms with Crippen LogP contribution in [0.3, 0.4) is 0 Å². The summed E-state index contributed by atoms with van der Waals surface area (Å²) in [6.45, 7) is 0. The molecular weight excluding hydrogens is 296 g/mol. The van der Waals surface area contributed by atoms with E-state index in [0.717, 1.165) is 5.56 Å². The van der Waals surface area contributed by atoms with Crippen LogP contribution in [0.25, 0.3) is 0 Å². The van der Waals surface area contributed by atoms with Gasteiger partial charge in [-0.2, -0.15) is 0 Å². The predicted molar refractivity (Wildman–Crippen MR) is 79.2 cm³/mol. The quantitative estimate of drug-likeness (QED) is 0.832. The minimum atomic E-state index is -3.59. The molecule has 2 rings (SSSR count). The van der Waals surface area contributed by atoms with E-state index in [1.165, 1.54) is 18.5 Å². The van der Waals surface area contributed by atoms with Crippen LogP contribution < -0.4 is 4.72 Å². The maximum Gasteiger partial charge on any atom is 0.242 e. The Balaban J connectivity index is 2.10. The zero-order valence-corrected chi connectivity index (χ0v) is 12.3. The minimum Gasteiger partial charge on any atom is -0.263 e. The molecule has 0 radical (unpaired) electrons. The Bertz CT molecular complexity index is 633. The lowest BCUT2D eigenvalue weighted by molar-refractivity contribution is 0.560. The maximum absolute atomic E-state index is 12.2. The molecule has 4 nitrogen and oxygen atoms in total. The normalized spacial score (nSPS) is 13.1. The standard InChI is InChI=1S/C14H15ClN2O2S/c15-10-13(9-12-5-2-1-3-6-12)17-20(18,19)14-7-4-8-16-11-14/h1-8,11,13,17H,9-10H2. The first-order valence-corrected chi connectivity index (χ1v) is 8.16. The number of nitrogens with one attached hydrogen (secondary N) is 1. The number of nitrogens with zero attached hydrogens (tertiary/aromatic N) is 1. The first-order valence-electron chi connectivity index (χ1n) is 6.14. The van der Waals surface area contributed by atoms with Gasteiger partial charge in [-0.15, -0.1) is 11.6 Å². The molecule has 0 saturated carbocycles. The number of pyridine rings is 1. The number of benzene rings is 1. The molecular formula is C14H15ClN2O2S. The Hall–Kier alpha value is -1.43. The van der Waals surface area contributed by atoms with Gasteiger partial charge in [0.1, 0.15) is 4.90 Å². The lowest BCUT2D eigenvalue weighted by Crippen LogP contribution is -2.37. The Labute approximate surface area is 123 Å². The minimum absolute atomic E-state index is 0.142. The van der Waals surface area contributed by atoms with Gasteiger partial charge in [0.05, 0.1) is 0 Å². The Kier molecular flexibility index (Phi) is 5.11. The number of halogens is 1. The fourth-order valence-corrected chi connectivity index (χ4v) is 3.30. The lowest BCUT2D eigenvalue weighted by Gasteiger charge is -2.16. The average molecular weight is 311 g/mol. The number of hydrogen-bond donors (Lipinski definition) is 1. The summed E-state index contributed by atoms with van der Waals surface area (Å²) in [5.74, 6) is 0.203. The van der Waals surface area contributed by atoms with Gasteiger partial charge < -0.3 is 0 Å². The van der Waals surface area contributed by atoms with Crippen molar-refractivity contribution in [2.45, 2.75) is 17.4 Å². The fraction of sp³-hybridized carbons (Fsp3) is 0.214. The van der Waals surface area contributed by atoms with Gasteiger partial charge in [-0.25, -0.2) is 13.1 Å². The second-order valence-corrected chi connectivity index (χ2v) is 6.37. The molecule has 6 heteroatoms. The average Bonchev–Trinajstić information content (AvgIpc) is 2.48. The topological polar surface area (TPSA) is 59.1 Å². The smallest absolute Gasteiger partial charge is 0.242 e. The molecule has 0 aliphatic carbocycles. The molecule has 0 amide bonds. The second-order valence-electron chi connectivity index (χ2n) is 4.35. The molecule has 1 heterocycles. The van der Waals surface area contributed by atoms with Crippen LogP contribution in [0.1, 0.15) is 5.56 Å². The van der Waals surface area contributed by atoms with E-state index in [-0.39, 0.29) is 16.8 Å². The van der Waals surface area contributed by atoms with Crippen molar-refractivity contribution >= 4 is 21.6 Å². The van der Waals surface area contributed by atoms with E-state index in [2.05, 4.69) is 9.71 Å². The van der Waals surface area contributed by atoms with Gasteiger partial charge in [-0.1, -0.05) is 30.3 Å². The Morgan fingerprint density at radius 3 is 2.50 bits per heavy atom. The predicted octanol–water partition coefficient (Wildman–Crippen LogP) is 2.21. The molecule has 0 spiro atoms. The van der Waals surface area contributed by atoms with Crippen molar-refractivity contribution in [3.63, 3.8) is 0 Å². The summed E-state index contributed by atoms with van der Waals surface area (Å²) < 4.78 is 27.0. The summed E-state index contributed by atoms with van der Waals surface area (Å²) in [6, 6.07) is 12.4. The van der Waals surface area contributed by atoms with Crippen LogP contribution in [-0.2, 0) is 16.4 Å². The van der Waals surface area contributed by atoms with E-state index >= 15 is 0 Å². The van der Waals surface area contributed by atoms with Crippen LogP contribution in [-0.4, -0.2) is 25.3 Å². The van der Waals surface area contributed by atoms with Crippen molar-refractivity contribution in [1.29, 1.82) is 0 Å². The number of sulfonamides is 1. The summed E-state index contributed by atoms with van der Waals surface area (Å²) in [6.07, 6.45) is 3.39. The highest BCUT2D eigenvalue weighted by molar-refractivity contribution is 7.89. The van der Waals surface area contributed by atoms with E-state index in [1.54, 1.807) is 6.07 Å². The first kappa shape index (κ1) is 15.0. The molecule has 0 saturated heterocycles. The van der Waals surface area contributed by atoms with E-state index in [0.29, 0.717) is 6.42 Å². The molecule has 106 valence electrons. The molecule has 0 aliphatic rings. The molecule has 1 aromatic heterocycles. The third kappa shape index (κ3) is 4.03. The largest absolute Gasteiger partial charge is 0.263 e. The molecule has 1 aromatic carbocycles. The van der Waals surface area contributed by atoms with Gasteiger partial charge in [-0.3, -0.25) is 4.98 Å². The van der Waals surface area contributed by atoms with Crippen LogP contribution in [0, 0.1) is 0 Å². The molecule has 1 unspecified atom stereocenters. The van der Waals surface area contributed by atoms with E-state index in [1.807, 2.05) is 30.3 Å². The fourth-order valence-electron chi connectivity index (χ4n) is 1.82. The SMILES string of the molecule is O=S(=O)(NC(CCl)Cc1ccccc1)c1cccnc1. The molecule has 20 heavy (non-hydrogen) atoms. The summed E-state index contributed by atoms with van der Waals surface area (Å²) in [7, 11) is -3.59. The third-order valence-corrected chi connectivity index (χ3v) is 4.66. The highest BCUT2D eigenvalue weighted by Gasteiger charge is 2.19. The summed E-state index contributed by atoms with van der Waals surface area (Å²) in [5, 5.41) is 0. The van der Waals surface area contributed by atoms with Crippen LogP contribution >= 0.6 is 11.6 Å². The van der Waals surface area contributed by atoms with Gasteiger partial charge in [-0.05, 0) is 24.1 Å². The monoisotopic (exact) mass is 310 g/mol. The van der Waals surface area contributed by atoms with Gasteiger partial charge >= 0.3 is 0 Å². The first-order chi connectivity index (χ1) is 9.62. The van der Waals surface area contributed by atoms with E-state index < -0.39 is 10.0 Å². The van der Waals surface area contributed by atoms with Crippen molar-refractivity contribution < 1.29 is 8.42 Å². The lowest BCUT2D eigenvalue weighted by atomic mass is 10.1. The molecule has 1 atom stereocenters. The van der Waals surface area contributed by atoms with Crippen molar-refractivity contribution in [3.05, 3.63) is 60.4 Å². The highest BCUT2D eigenvalue weighted by Crippen LogP contribution is 2.10. The van der Waals surface area contributed by atoms with Crippen molar-refractivity contribution in [2.75, 3.05) is 5.88 Å². The van der Waals surface area contributed by atoms with Crippen molar-refractivity contribution in [3.8, 4) is 0 Å².